The van der Waals surface area contributed by atoms with Crippen molar-refractivity contribution >= 4 is 17.9 Å². The van der Waals surface area contributed by atoms with Crippen molar-refractivity contribution in [2.24, 2.45) is 0 Å². The van der Waals surface area contributed by atoms with Crippen molar-refractivity contribution in [3.8, 4) is 17.6 Å². The molecule has 0 unspecified atom stereocenters. The molecule has 2 aromatic rings. The van der Waals surface area contributed by atoms with Crippen molar-refractivity contribution in [2.75, 3.05) is 13.2 Å². The first kappa shape index (κ1) is 19.5. The van der Waals surface area contributed by atoms with Gasteiger partial charge in [-0.15, -0.1) is 0 Å². The van der Waals surface area contributed by atoms with Gasteiger partial charge in [0.15, 0.2) is 18.1 Å². The lowest BCUT2D eigenvalue weighted by molar-refractivity contribution is -0.128. The summed E-state index contributed by atoms with van der Waals surface area (Å²) in [4.78, 5) is 23.9. The van der Waals surface area contributed by atoms with Crippen LogP contribution in [0.2, 0.25) is 0 Å². The Hall–Kier alpha value is -3.79. The number of benzene rings is 2. The number of rotatable bonds is 7. The van der Waals surface area contributed by atoms with E-state index >= 15 is 0 Å². The van der Waals surface area contributed by atoms with Crippen LogP contribution >= 0.6 is 0 Å². The van der Waals surface area contributed by atoms with Crippen molar-refractivity contribution in [3.05, 3.63) is 65.7 Å². The number of hydrogen-bond acceptors (Lipinski definition) is 5. The average Bonchev–Trinajstić information content (AvgIpc) is 2.70. The summed E-state index contributed by atoms with van der Waals surface area (Å²) in [7, 11) is 0. The monoisotopic (exact) mass is 365 g/mol. The number of amides is 2. The van der Waals surface area contributed by atoms with Crippen molar-refractivity contribution in [1.29, 1.82) is 5.26 Å². The third kappa shape index (κ3) is 6.21. The van der Waals surface area contributed by atoms with Crippen LogP contribution in [0.25, 0.3) is 6.08 Å². The first-order valence-corrected chi connectivity index (χ1v) is 8.24. The molecule has 0 fully saturated rings. The van der Waals surface area contributed by atoms with Crippen LogP contribution in [0.3, 0.4) is 0 Å². The molecule has 0 bridgehead atoms. The molecule has 2 rings (SSSR count). The summed E-state index contributed by atoms with van der Waals surface area (Å²) < 4.78 is 10.8. The van der Waals surface area contributed by atoms with Crippen molar-refractivity contribution in [2.45, 2.75) is 6.92 Å². The molecule has 2 N–H and O–H groups in total. The highest BCUT2D eigenvalue weighted by Gasteiger charge is 2.11. The summed E-state index contributed by atoms with van der Waals surface area (Å²) in [6, 6.07) is 17.7. The Morgan fingerprint density at radius 3 is 2.26 bits per heavy atom. The minimum Gasteiger partial charge on any atom is -0.490 e. The van der Waals surface area contributed by atoms with Crippen LogP contribution in [0.5, 0.6) is 11.5 Å². The Bertz CT molecular complexity index is 857. The summed E-state index contributed by atoms with van der Waals surface area (Å²) >= 11 is 0. The third-order valence-electron chi connectivity index (χ3n) is 3.30. The van der Waals surface area contributed by atoms with E-state index in [1.807, 2.05) is 13.0 Å². The summed E-state index contributed by atoms with van der Waals surface area (Å²) in [6.45, 7) is 1.98. The predicted molar refractivity (Wildman–Crippen MR) is 99.4 cm³/mol. The van der Waals surface area contributed by atoms with Crippen molar-refractivity contribution < 1.29 is 19.1 Å². The SMILES string of the molecule is CCOc1ccccc1OCC(=O)NNC(=O)/C(C#N)=C\c1ccccc1. The van der Waals surface area contributed by atoms with E-state index in [0.29, 0.717) is 23.7 Å². The normalized spacial score (nSPS) is 10.4. The lowest BCUT2D eigenvalue weighted by Crippen LogP contribution is -2.44. The van der Waals surface area contributed by atoms with Gasteiger partial charge in [-0.1, -0.05) is 42.5 Å². The second kappa shape index (κ2) is 10.3. The van der Waals surface area contributed by atoms with Crippen molar-refractivity contribution in [3.63, 3.8) is 0 Å². The number of nitriles is 1. The van der Waals surface area contributed by atoms with Crippen LogP contribution in [-0.2, 0) is 9.59 Å². The Kier molecular flexibility index (Phi) is 7.42. The number of carbonyl (C=O) groups excluding carboxylic acids is 2. The molecular weight excluding hydrogens is 346 g/mol. The zero-order chi connectivity index (χ0) is 19.5. The molecule has 0 atom stereocenters. The molecule has 0 aliphatic rings. The van der Waals surface area contributed by atoms with E-state index in [1.165, 1.54) is 6.08 Å². The van der Waals surface area contributed by atoms with E-state index in [0.717, 1.165) is 0 Å². The molecule has 2 aromatic carbocycles. The van der Waals surface area contributed by atoms with Crippen LogP contribution in [0.4, 0.5) is 0 Å². The van der Waals surface area contributed by atoms with E-state index < -0.39 is 11.8 Å². The summed E-state index contributed by atoms with van der Waals surface area (Å²) in [5, 5.41) is 9.13. The van der Waals surface area contributed by atoms with Gasteiger partial charge in [-0.2, -0.15) is 5.26 Å². The fourth-order valence-corrected chi connectivity index (χ4v) is 2.08. The summed E-state index contributed by atoms with van der Waals surface area (Å²) in [5.41, 5.74) is 4.96. The Labute approximate surface area is 157 Å². The Morgan fingerprint density at radius 2 is 1.63 bits per heavy atom. The van der Waals surface area contributed by atoms with Gasteiger partial charge in [-0.05, 0) is 30.7 Å². The fraction of sp³-hybridized carbons (Fsp3) is 0.150. The topological polar surface area (TPSA) is 100 Å². The molecule has 0 saturated carbocycles. The first-order chi connectivity index (χ1) is 13.1. The first-order valence-electron chi connectivity index (χ1n) is 8.24. The molecule has 0 heterocycles. The van der Waals surface area contributed by atoms with Gasteiger partial charge in [0, 0.05) is 0 Å². The molecule has 2 amide bonds. The van der Waals surface area contributed by atoms with Crippen molar-refractivity contribution in [1.82, 2.24) is 10.9 Å². The van der Waals surface area contributed by atoms with Gasteiger partial charge in [0.2, 0.25) is 0 Å². The summed E-state index contributed by atoms with van der Waals surface area (Å²) in [5.74, 6) is -0.354. The largest absolute Gasteiger partial charge is 0.490 e. The maximum Gasteiger partial charge on any atom is 0.280 e. The maximum atomic E-state index is 12.0. The number of nitrogens with zero attached hydrogens (tertiary/aromatic N) is 1. The quantitative estimate of drug-likeness (QED) is 0.445. The maximum absolute atomic E-state index is 12.0. The molecule has 0 saturated heterocycles. The van der Waals surface area contributed by atoms with Gasteiger partial charge >= 0.3 is 0 Å². The molecular formula is C20H19N3O4. The van der Waals surface area contributed by atoms with Gasteiger partial charge in [-0.3, -0.25) is 20.4 Å². The third-order valence-corrected chi connectivity index (χ3v) is 3.30. The van der Waals surface area contributed by atoms with Gasteiger partial charge in [-0.25, -0.2) is 0 Å². The number of para-hydroxylation sites is 2. The second-order valence-corrected chi connectivity index (χ2v) is 5.25. The highest BCUT2D eigenvalue weighted by molar-refractivity contribution is 6.02. The number of carbonyl (C=O) groups is 2. The van der Waals surface area contributed by atoms with E-state index in [4.69, 9.17) is 14.7 Å². The minimum atomic E-state index is -0.718. The predicted octanol–water partition coefficient (Wildman–Crippen LogP) is 2.22. The molecule has 0 aromatic heterocycles. The molecule has 0 spiro atoms. The van der Waals surface area contributed by atoms with Gasteiger partial charge in [0.1, 0.15) is 11.6 Å². The van der Waals surface area contributed by atoms with Crippen LogP contribution in [0.15, 0.2) is 60.2 Å². The number of ether oxygens (including phenoxy) is 2. The second-order valence-electron chi connectivity index (χ2n) is 5.25. The highest BCUT2D eigenvalue weighted by atomic mass is 16.5. The van der Waals surface area contributed by atoms with E-state index in [-0.39, 0.29) is 12.2 Å². The molecule has 0 radical (unpaired) electrons. The van der Waals surface area contributed by atoms with Gasteiger partial charge in [0.05, 0.1) is 6.61 Å². The molecule has 7 nitrogen and oxygen atoms in total. The Balaban J connectivity index is 1.87. The zero-order valence-electron chi connectivity index (χ0n) is 14.8. The molecule has 27 heavy (non-hydrogen) atoms. The molecule has 0 aliphatic carbocycles. The molecule has 0 aliphatic heterocycles. The number of hydrogen-bond donors (Lipinski definition) is 2. The van der Waals surface area contributed by atoms with E-state index in [2.05, 4.69) is 10.9 Å². The smallest absolute Gasteiger partial charge is 0.280 e. The fourth-order valence-electron chi connectivity index (χ4n) is 2.08. The van der Waals surface area contributed by atoms with E-state index in [9.17, 15) is 9.59 Å². The lowest BCUT2D eigenvalue weighted by atomic mass is 10.1. The van der Waals surface area contributed by atoms with Crippen LogP contribution in [0, 0.1) is 11.3 Å². The van der Waals surface area contributed by atoms with Crippen LogP contribution in [-0.4, -0.2) is 25.0 Å². The molecule has 138 valence electrons. The Morgan fingerprint density at radius 1 is 1.00 bits per heavy atom. The zero-order valence-corrected chi connectivity index (χ0v) is 14.8. The summed E-state index contributed by atoms with van der Waals surface area (Å²) in [6.07, 6.45) is 1.43. The minimum absolute atomic E-state index is 0.135. The highest BCUT2D eigenvalue weighted by Crippen LogP contribution is 2.26. The van der Waals surface area contributed by atoms with Gasteiger partial charge in [0.25, 0.3) is 11.8 Å². The van der Waals surface area contributed by atoms with Gasteiger partial charge < -0.3 is 9.47 Å². The van der Waals surface area contributed by atoms with Crippen LogP contribution < -0.4 is 20.3 Å². The lowest BCUT2D eigenvalue weighted by Gasteiger charge is -2.11. The molecule has 7 heteroatoms. The number of hydrazine groups is 1. The van der Waals surface area contributed by atoms with E-state index in [1.54, 1.807) is 54.6 Å². The number of nitrogens with one attached hydrogen (secondary N) is 2. The standard InChI is InChI=1S/C20H19N3O4/c1-2-26-17-10-6-7-11-18(17)27-14-19(24)22-23-20(25)16(13-21)12-15-8-4-3-5-9-15/h3-12H,2,14H2,1H3,(H,22,24)(H,23,25)/b16-12-. The average molecular weight is 365 g/mol. The van der Waals surface area contributed by atoms with Crippen LogP contribution in [0.1, 0.15) is 12.5 Å².